The van der Waals surface area contributed by atoms with Crippen LogP contribution in [0.3, 0.4) is 0 Å². The van der Waals surface area contributed by atoms with Crippen LogP contribution in [0.25, 0.3) is 28.0 Å². The van der Waals surface area contributed by atoms with Gasteiger partial charge in [0.1, 0.15) is 11.5 Å². The van der Waals surface area contributed by atoms with Gasteiger partial charge in [0.15, 0.2) is 0 Å². The quantitative estimate of drug-likeness (QED) is 0.511. The minimum atomic E-state index is -0.424. The Labute approximate surface area is 174 Å². The number of piperazine rings is 1. The van der Waals surface area contributed by atoms with Crippen molar-refractivity contribution in [1.82, 2.24) is 19.3 Å². The fourth-order valence-electron chi connectivity index (χ4n) is 4.18. The minimum absolute atomic E-state index is 0.337. The first-order valence-electron chi connectivity index (χ1n) is 10.3. The molecule has 4 aromatic rings. The molecule has 7 nitrogen and oxygen atoms in total. The average molecular weight is 403 g/mol. The second-order valence-electron chi connectivity index (χ2n) is 8.40. The van der Waals surface area contributed by atoms with Crippen LogP contribution in [0.4, 0.5) is 5.82 Å². The molecule has 30 heavy (non-hydrogen) atoms. The van der Waals surface area contributed by atoms with E-state index in [1.165, 1.54) is 0 Å². The number of likely N-dealkylation sites (N-methyl/N-ethyl adjacent to an activating group) is 1. The molecule has 0 aliphatic carbocycles. The van der Waals surface area contributed by atoms with E-state index in [4.69, 9.17) is 4.42 Å². The summed E-state index contributed by atoms with van der Waals surface area (Å²) in [7, 11) is 2.15. The molecule has 1 aliphatic heterocycles. The van der Waals surface area contributed by atoms with Crippen LogP contribution in [0.15, 0.2) is 51.9 Å². The molecule has 0 bridgehead atoms. The summed E-state index contributed by atoms with van der Waals surface area (Å²) in [5.74, 6) is 0.842. The fraction of sp³-hybridized carbons (Fsp3) is 0.348. The van der Waals surface area contributed by atoms with E-state index in [0.717, 1.165) is 35.5 Å². The van der Waals surface area contributed by atoms with Gasteiger partial charge in [0.2, 0.25) is 5.71 Å². The van der Waals surface area contributed by atoms with Crippen molar-refractivity contribution in [2.45, 2.75) is 32.9 Å². The number of imidazole rings is 1. The van der Waals surface area contributed by atoms with E-state index in [1.807, 2.05) is 54.0 Å². The molecule has 1 aliphatic rings. The van der Waals surface area contributed by atoms with Crippen LogP contribution in [0, 0.1) is 6.92 Å². The third-order valence-electron chi connectivity index (χ3n) is 6.05. The number of hydrogen-bond donors (Lipinski definition) is 0. The van der Waals surface area contributed by atoms with Gasteiger partial charge in [-0.05, 0) is 57.6 Å². The summed E-state index contributed by atoms with van der Waals surface area (Å²) >= 11 is 0. The third-order valence-corrected chi connectivity index (χ3v) is 6.05. The molecule has 7 heteroatoms. The van der Waals surface area contributed by atoms with Crippen LogP contribution in [-0.4, -0.2) is 51.5 Å². The summed E-state index contributed by atoms with van der Waals surface area (Å²) in [5.41, 5.74) is 2.90. The normalized spacial score (nSPS) is 20.3. The van der Waals surface area contributed by atoms with Crippen molar-refractivity contribution in [3.05, 3.63) is 58.7 Å². The van der Waals surface area contributed by atoms with Crippen molar-refractivity contribution in [1.29, 1.82) is 0 Å². The monoisotopic (exact) mass is 403 g/mol. The summed E-state index contributed by atoms with van der Waals surface area (Å²) < 4.78 is 7.55. The lowest BCUT2D eigenvalue weighted by molar-refractivity contribution is 0.205. The first kappa shape index (κ1) is 18.8. The molecule has 0 N–H and O–H groups in total. The Morgan fingerprint density at radius 1 is 1.03 bits per heavy atom. The van der Waals surface area contributed by atoms with Gasteiger partial charge in [0, 0.05) is 43.0 Å². The Kier molecular flexibility index (Phi) is 4.36. The number of aryl methyl sites for hydroxylation is 1. The molecule has 0 spiro atoms. The molecule has 0 amide bonds. The second-order valence-corrected chi connectivity index (χ2v) is 8.40. The van der Waals surface area contributed by atoms with Gasteiger partial charge in [-0.1, -0.05) is 6.07 Å². The molecular formula is C23H25N5O2. The zero-order valence-corrected chi connectivity index (χ0v) is 17.7. The van der Waals surface area contributed by atoms with E-state index in [1.54, 1.807) is 0 Å². The Bertz CT molecular complexity index is 1310. The SMILES string of the molecule is Cc1ccc2nc(-c3cc4ccc(N5C[C@H](C)N(C)C[C@H]5C)nc4oc3=O)cn2c1. The van der Waals surface area contributed by atoms with E-state index in [2.05, 4.69) is 40.7 Å². The van der Waals surface area contributed by atoms with Crippen molar-refractivity contribution < 1.29 is 4.42 Å². The number of anilines is 1. The van der Waals surface area contributed by atoms with E-state index in [-0.39, 0.29) is 0 Å². The van der Waals surface area contributed by atoms with Gasteiger partial charge in [0.05, 0.1) is 11.3 Å². The number of fused-ring (bicyclic) bond motifs is 2. The number of aromatic nitrogens is 3. The van der Waals surface area contributed by atoms with E-state index in [0.29, 0.717) is 29.1 Å². The van der Waals surface area contributed by atoms with Crippen molar-refractivity contribution in [3.63, 3.8) is 0 Å². The predicted molar refractivity (Wildman–Crippen MR) is 118 cm³/mol. The topological polar surface area (TPSA) is 66.9 Å². The largest absolute Gasteiger partial charge is 0.403 e. The standard InChI is InChI=1S/C23H25N5O2/c1-14-5-7-20-24-19(13-27(20)10-14)18-9-17-6-8-21(25-22(17)30-23(18)29)28-12-15(2)26(4)11-16(28)3/h5-10,13,15-16H,11-12H2,1-4H3/t15-,16+/m0/s1. The third kappa shape index (κ3) is 3.15. The van der Waals surface area contributed by atoms with Crippen LogP contribution < -0.4 is 10.5 Å². The lowest BCUT2D eigenvalue weighted by atomic mass is 10.1. The number of pyridine rings is 2. The minimum Gasteiger partial charge on any atom is -0.403 e. The zero-order valence-electron chi connectivity index (χ0n) is 17.7. The van der Waals surface area contributed by atoms with Gasteiger partial charge in [-0.3, -0.25) is 4.90 Å². The van der Waals surface area contributed by atoms with Gasteiger partial charge in [0.25, 0.3) is 0 Å². The highest BCUT2D eigenvalue weighted by Gasteiger charge is 2.27. The lowest BCUT2D eigenvalue weighted by Crippen LogP contribution is -2.55. The Morgan fingerprint density at radius 3 is 2.70 bits per heavy atom. The van der Waals surface area contributed by atoms with E-state index in [9.17, 15) is 4.79 Å². The maximum atomic E-state index is 12.7. The van der Waals surface area contributed by atoms with Crippen molar-refractivity contribution in [3.8, 4) is 11.3 Å². The number of hydrogen-bond acceptors (Lipinski definition) is 6. The van der Waals surface area contributed by atoms with Gasteiger partial charge in [-0.25, -0.2) is 9.78 Å². The zero-order chi connectivity index (χ0) is 21.0. The Balaban J connectivity index is 1.54. The van der Waals surface area contributed by atoms with Crippen molar-refractivity contribution >= 4 is 22.6 Å². The summed E-state index contributed by atoms with van der Waals surface area (Å²) in [6.07, 6.45) is 3.84. The predicted octanol–water partition coefficient (Wildman–Crippen LogP) is 3.34. The molecule has 0 saturated carbocycles. The molecule has 4 aromatic heterocycles. The molecule has 1 fully saturated rings. The summed E-state index contributed by atoms with van der Waals surface area (Å²) in [6.45, 7) is 8.28. The van der Waals surface area contributed by atoms with Gasteiger partial charge in [-0.15, -0.1) is 0 Å². The first-order valence-corrected chi connectivity index (χ1v) is 10.3. The summed E-state index contributed by atoms with van der Waals surface area (Å²) in [5, 5.41) is 0.788. The second kappa shape index (κ2) is 6.95. The van der Waals surface area contributed by atoms with Crippen molar-refractivity contribution in [2.75, 3.05) is 25.0 Å². The summed E-state index contributed by atoms with van der Waals surface area (Å²) in [4.78, 5) is 26.6. The van der Waals surface area contributed by atoms with Gasteiger partial charge in [-0.2, -0.15) is 4.98 Å². The van der Waals surface area contributed by atoms with Gasteiger partial charge >= 0.3 is 5.63 Å². The van der Waals surface area contributed by atoms with Crippen LogP contribution in [0.2, 0.25) is 0 Å². The van der Waals surface area contributed by atoms with Crippen LogP contribution in [0.1, 0.15) is 19.4 Å². The molecule has 0 aromatic carbocycles. The number of rotatable bonds is 2. The maximum absolute atomic E-state index is 12.7. The highest BCUT2D eigenvalue weighted by Crippen LogP contribution is 2.25. The molecule has 1 saturated heterocycles. The van der Waals surface area contributed by atoms with Crippen LogP contribution in [0.5, 0.6) is 0 Å². The van der Waals surface area contributed by atoms with Crippen molar-refractivity contribution in [2.24, 2.45) is 0 Å². The molecular weight excluding hydrogens is 378 g/mol. The Morgan fingerprint density at radius 2 is 1.87 bits per heavy atom. The maximum Gasteiger partial charge on any atom is 0.347 e. The number of nitrogens with zero attached hydrogens (tertiary/aromatic N) is 5. The van der Waals surface area contributed by atoms with Crippen LogP contribution >= 0.6 is 0 Å². The highest BCUT2D eigenvalue weighted by molar-refractivity contribution is 5.80. The molecule has 154 valence electrons. The first-order chi connectivity index (χ1) is 14.4. The van der Waals surface area contributed by atoms with Crippen LogP contribution in [-0.2, 0) is 0 Å². The van der Waals surface area contributed by atoms with E-state index >= 15 is 0 Å². The molecule has 2 atom stereocenters. The molecule has 5 rings (SSSR count). The average Bonchev–Trinajstić information content (AvgIpc) is 3.12. The smallest absolute Gasteiger partial charge is 0.347 e. The lowest BCUT2D eigenvalue weighted by Gasteiger charge is -2.43. The summed E-state index contributed by atoms with van der Waals surface area (Å²) in [6, 6.07) is 10.5. The van der Waals surface area contributed by atoms with Gasteiger partial charge < -0.3 is 13.7 Å². The Hall–Kier alpha value is -3.19. The highest BCUT2D eigenvalue weighted by atomic mass is 16.4. The molecule has 0 unspecified atom stereocenters. The molecule has 0 radical (unpaired) electrons. The van der Waals surface area contributed by atoms with E-state index < -0.39 is 5.63 Å². The molecule has 5 heterocycles. The fourth-order valence-corrected chi connectivity index (χ4v) is 4.18.